The van der Waals surface area contributed by atoms with Gasteiger partial charge < -0.3 is 53.6 Å². The molecule has 4 unspecified atom stereocenters. The first-order chi connectivity index (χ1) is 15.2. The number of hydrogen-bond donors (Lipinski definition) is 4. The van der Waals surface area contributed by atoms with Crippen LogP contribution in [0.1, 0.15) is 6.92 Å². The normalized spacial score (nSPS) is 40.1. The van der Waals surface area contributed by atoms with Gasteiger partial charge in [0.15, 0.2) is 18.7 Å². The predicted octanol–water partition coefficient (Wildman–Crippen LogP) is -2.81. The maximum absolute atomic E-state index is 11.9. The molecule has 4 N–H and O–H groups in total. The molecule has 10 atom stereocenters. The predicted molar refractivity (Wildman–Crippen MR) is 106 cm³/mol. The van der Waals surface area contributed by atoms with E-state index in [-0.39, 0.29) is 25.3 Å². The Labute approximate surface area is 187 Å². The summed E-state index contributed by atoms with van der Waals surface area (Å²) < 4.78 is 37.1. The molecule has 0 aromatic heterocycles. The molecule has 0 aliphatic carbocycles. The molecule has 182 valence electrons. The third-order valence-corrected chi connectivity index (χ3v) is 5.15. The van der Waals surface area contributed by atoms with Crippen LogP contribution in [0.15, 0.2) is 12.2 Å². The van der Waals surface area contributed by atoms with Crippen LogP contribution in [0.25, 0.3) is 0 Å². The summed E-state index contributed by atoms with van der Waals surface area (Å²) in [5.74, 6) is -0.811. The first kappa shape index (κ1) is 27.1. The fourth-order valence-electron chi connectivity index (χ4n) is 3.44. The molecule has 0 saturated carbocycles. The van der Waals surface area contributed by atoms with E-state index in [4.69, 9.17) is 41.0 Å². The quantitative estimate of drug-likeness (QED) is 0.150. The van der Waals surface area contributed by atoms with Crippen molar-refractivity contribution in [2.45, 2.75) is 68.3 Å². The van der Waals surface area contributed by atoms with Crippen LogP contribution in [-0.4, -0.2) is 130 Å². The van der Waals surface area contributed by atoms with E-state index in [1.54, 1.807) is 0 Å². The Morgan fingerprint density at radius 1 is 0.906 bits per heavy atom. The second kappa shape index (κ2) is 12.4. The lowest BCUT2D eigenvalue weighted by Gasteiger charge is -2.44. The van der Waals surface area contributed by atoms with Crippen molar-refractivity contribution in [3.63, 3.8) is 0 Å². The smallest absolute Gasteiger partial charge is 0.333 e. The number of carbonyl (C=O) groups is 1. The van der Waals surface area contributed by atoms with Gasteiger partial charge in [0.1, 0.15) is 50.6 Å². The van der Waals surface area contributed by atoms with Crippen molar-refractivity contribution in [2.24, 2.45) is 0 Å². The van der Waals surface area contributed by atoms with E-state index in [0.717, 1.165) is 0 Å². The molecule has 0 aromatic carbocycles. The molecule has 13 heteroatoms. The molecule has 2 rings (SSSR count). The van der Waals surface area contributed by atoms with Crippen LogP contribution in [0.2, 0.25) is 0 Å². The second-order valence-corrected chi connectivity index (χ2v) is 7.52. The summed E-state index contributed by atoms with van der Waals surface area (Å²) in [4.78, 5) is 11.9. The molecule has 2 aliphatic rings. The standard InChI is InChI=1S/C19H31BO12/c1-8(2)17(25)32-16-12(22)10(30-18(27-4)14(16)24)6-28-19-13(23)15(29-7-20)11(21)9(31-19)5-26-3/h9-16,18-19,21-24H,1,5-7H2,2-4H3/t9?,10?,11-,12-,13?,14?,15+,16+,18+,19+/m1/s1. The maximum atomic E-state index is 11.9. The number of methoxy groups -OCH3 is 2. The summed E-state index contributed by atoms with van der Waals surface area (Å²) in [6.45, 7) is 4.24. The number of aliphatic hydroxyl groups excluding tert-OH is 4. The Bertz CT molecular complexity index is 621. The molecule has 0 aromatic rings. The molecule has 0 spiro atoms. The van der Waals surface area contributed by atoms with E-state index in [9.17, 15) is 25.2 Å². The highest BCUT2D eigenvalue weighted by atomic mass is 16.7. The van der Waals surface area contributed by atoms with Gasteiger partial charge in [-0.2, -0.15) is 0 Å². The van der Waals surface area contributed by atoms with Gasteiger partial charge in [0.05, 0.1) is 13.2 Å². The van der Waals surface area contributed by atoms with Crippen molar-refractivity contribution in [3.05, 3.63) is 12.2 Å². The van der Waals surface area contributed by atoms with Crippen molar-refractivity contribution in [2.75, 3.05) is 33.9 Å². The molecular weight excluding hydrogens is 431 g/mol. The highest BCUT2D eigenvalue weighted by Gasteiger charge is 2.49. The SMILES string of the molecule is [B]CO[C@@H]1C(O)[C@@H](OCC2O[C@H](OC)C(O)[C@@H](OC(=O)C(=C)C)[C@@H]2O)OC(COC)[C@H]1O. The third-order valence-electron chi connectivity index (χ3n) is 5.15. The summed E-state index contributed by atoms with van der Waals surface area (Å²) in [7, 11) is 8.05. The number of carbonyl (C=O) groups excluding carboxylic acids is 1. The lowest BCUT2D eigenvalue weighted by Crippen LogP contribution is -2.62. The van der Waals surface area contributed by atoms with Gasteiger partial charge in [-0.1, -0.05) is 6.58 Å². The van der Waals surface area contributed by atoms with Crippen molar-refractivity contribution in [3.8, 4) is 0 Å². The molecular formula is C19H31BO12. The van der Waals surface area contributed by atoms with Gasteiger partial charge in [-0.05, 0) is 6.92 Å². The monoisotopic (exact) mass is 462 g/mol. The van der Waals surface area contributed by atoms with E-state index >= 15 is 0 Å². The summed E-state index contributed by atoms with van der Waals surface area (Å²) in [5, 5.41) is 41.8. The lowest BCUT2D eigenvalue weighted by molar-refractivity contribution is -0.331. The number of hydrogen-bond acceptors (Lipinski definition) is 12. The van der Waals surface area contributed by atoms with Crippen molar-refractivity contribution >= 4 is 13.8 Å². The molecule has 0 bridgehead atoms. The summed E-state index contributed by atoms with van der Waals surface area (Å²) in [6, 6.07) is 0. The number of rotatable bonds is 10. The fourth-order valence-corrected chi connectivity index (χ4v) is 3.44. The Balaban J connectivity index is 2.10. The number of esters is 1. The minimum Gasteiger partial charge on any atom is -0.453 e. The van der Waals surface area contributed by atoms with Crippen LogP contribution in [0.5, 0.6) is 0 Å². The topological polar surface area (TPSA) is 163 Å². The molecule has 2 fully saturated rings. The largest absolute Gasteiger partial charge is 0.453 e. The Hall–Kier alpha value is -1.13. The third kappa shape index (κ3) is 6.26. The van der Waals surface area contributed by atoms with Gasteiger partial charge in [0.2, 0.25) is 0 Å². The molecule has 2 radical (unpaired) electrons. The van der Waals surface area contributed by atoms with Crippen LogP contribution in [0.4, 0.5) is 0 Å². The van der Waals surface area contributed by atoms with Crippen LogP contribution in [-0.2, 0) is 38.0 Å². The van der Waals surface area contributed by atoms with E-state index in [1.165, 1.54) is 21.1 Å². The first-order valence-electron chi connectivity index (χ1n) is 10.0. The molecule has 0 amide bonds. The summed E-state index contributed by atoms with van der Waals surface area (Å²) in [5.41, 5.74) is 0.0741. The first-order valence-corrected chi connectivity index (χ1v) is 10.0. The second-order valence-electron chi connectivity index (χ2n) is 7.52. The van der Waals surface area contributed by atoms with Gasteiger partial charge in [0, 0.05) is 26.3 Å². The van der Waals surface area contributed by atoms with E-state index in [0.29, 0.717) is 0 Å². The van der Waals surface area contributed by atoms with Gasteiger partial charge in [0.25, 0.3) is 0 Å². The maximum Gasteiger partial charge on any atom is 0.333 e. The molecule has 2 aliphatic heterocycles. The van der Waals surface area contributed by atoms with Gasteiger partial charge in [-0.25, -0.2) is 4.79 Å². The number of aliphatic hydroxyl groups is 4. The summed E-state index contributed by atoms with van der Waals surface area (Å²) >= 11 is 0. The highest BCUT2D eigenvalue weighted by Crippen LogP contribution is 2.28. The average molecular weight is 462 g/mol. The zero-order chi connectivity index (χ0) is 24.0. The van der Waals surface area contributed by atoms with Crippen LogP contribution in [0.3, 0.4) is 0 Å². The molecule has 2 saturated heterocycles. The highest BCUT2D eigenvalue weighted by molar-refractivity contribution is 6.08. The molecule has 12 nitrogen and oxygen atoms in total. The van der Waals surface area contributed by atoms with Crippen LogP contribution < -0.4 is 0 Å². The molecule has 2 heterocycles. The average Bonchev–Trinajstić information content (AvgIpc) is 2.76. The Morgan fingerprint density at radius 3 is 2.03 bits per heavy atom. The van der Waals surface area contributed by atoms with E-state index < -0.39 is 67.4 Å². The zero-order valence-corrected chi connectivity index (χ0v) is 18.2. The van der Waals surface area contributed by atoms with Gasteiger partial charge in [-0.3, -0.25) is 0 Å². The minimum atomic E-state index is -1.50. The van der Waals surface area contributed by atoms with Crippen molar-refractivity contribution < 1.29 is 58.4 Å². The number of ether oxygens (including phenoxy) is 7. The van der Waals surface area contributed by atoms with Crippen LogP contribution in [0, 0.1) is 0 Å². The van der Waals surface area contributed by atoms with Crippen LogP contribution >= 0.6 is 0 Å². The van der Waals surface area contributed by atoms with Gasteiger partial charge >= 0.3 is 5.97 Å². The van der Waals surface area contributed by atoms with Gasteiger partial charge in [-0.15, -0.1) is 0 Å². The zero-order valence-electron chi connectivity index (χ0n) is 18.2. The Morgan fingerprint density at radius 2 is 1.47 bits per heavy atom. The Kier molecular flexibility index (Phi) is 10.5. The molecule has 32 heavy (non-hydrogen) atoms. The van der Waals surface area contributed by atoms with E-state index in [2.05, 4.69) is 6.58 Å². The fraction of sp³-hybridized carbons (Fsp3) is 0.842. The lowest BCUT2D eigenvalue weighted by atomic mass is 9.97. The van der Waals surface area contributed by atoms with E-state index in [1.807, 2.05) is 0 Å². The van der Waals surface area contributed by atoms with Crippen molar-refractivity contribution in [1.29, 1.82) is 0 Å². The minimum absolute atomic E-state index is 0.0163. The van der Waals surface area contributed by atoms with Crippen molar-refractivity contribution in [1.82, 2.24) is 0 Å². The summed E-state index contributed by atoms with van der Waals surface area (Å²) in [6.07, 6.45) is -12.7.